The predicted octanol–water partition coefficient (Wildman–Crippen LogP) is -0.587. The van der Waals surface area contributed by atoms with Gasteiger partial charge in [0.15, 0.2) is 0 Å². The highest BCUT2D eigenvalue weighted by Gasteiger charge is 2.30. The average molecular weight is 636 g/mol. The lowest BCUT2D eigenvalue weighted by atomic mass is 10.1. The summed E-state index contributed by atoms with van der Waals surface area (Å²) in [5, 5.41) is 50.9. The number of hydrogen-bond acceptors (Lipinski definition) is 8. The van der Waals surface area contributed by atoms with Crippen LogP contribution in [0, 0.1) is 0 Å². The Morgan fingerprint density at radius 1 is 0.935 bits per heavy atom. The lowest BCUT2D eigenvalue weighted by Crippen LogP contribution is -2.37. The topological polar surface area (TPSA) is 180 Å². The first-order valence-electron chi connectivity index (χ1n) is 8.72. The first-order chi connectivity index (χ1) is 14.5. The molecule has 0 aliphatic rings. The van der Waals surface area contributed by atoms with E-state index in [9.17, 15) is 24.6 Å². The van der Waals surface area contributed by atoms with Crippen LogP contribution in [0.15, 0.2) is 13.4 Å². The molecular weight excluding hydrogens is 614 g/mol. The molecule has 14 heteroatoms. The van der Waals surface area contributed by atoms with Crippen molar-refractivity contribution < 1.29 is 39.9 Å². The number of anilines is 1. The van der Waals surface area contributed by atoms with Crippen molar-refractivity contribution >= 4 is 71.2 Å². The van der Waals surface area contributed by atoms with Gasteiger partial charge in [-0.1, -0.05) is 0 Å². The van der Waals surface area contributed by atoms with Gasteiger partial charge in [0.1, 0.15) is 6.61 Å². The van der Waals surface area contributed by atoms with E-state index in [-0.39, 0.29) is 43.3 Å². The van der Waals surface area contributed by atoms with Crippen LogP contribution in [-0.2, 0) is 4.79 Å². The zero-order chi connectivity index (χ0) is 23.9. The van der Waals surface area contributed by atoms with Crippen molar-refractivity contribution in [2.75, 3.05) is 45.3 Å². The molecule has 31 heavy (non-hydrogen) atoms. The van der Waals surface area contributed by atoms with Gasteiger partial charge in [0.05, 0.1) is 51.2 Å². The number of aliphatic hydroxyl groups excluding tert-OH is 5. The molecule has 11 nitrogen and oxygen atoms in total. The number of aliphatic hydroxyl groups is 5. The molecule has 2 atom stereocenters. The highest BCUT2D eigenvalue weighted by atomic mass is 79.9. The largest absolute Gasteiger partial charge is 0.394 e. The van der Waals surface area contributed by atoms with Crippen molar-refractivity contribution in [3.8, 4) is 0 Å². The van der Waals surface area contributed by atoms with E-state index >= 15 is 0 Å². The summed E-state index contributed by atoms with van der Waals surface area (Å²) in [6, 6.07) is 0. The molecule has 7 N–H and O–H groups in total. The maximum absolute atomic E-state index is 13.0. The summed E-state index contributed by atoms with van der Waals surface area (Å²) in [6.07, 6.45) is -2.41. The van der Waals surface area contributed by atoms with E-state index in [1.807, 2.05) is 0 Å². The molecule has 0 bridgehead atoms. The van der Waals surface area contributed by atoms with Crippen molar-refractivity contribution in [3.63, 3.8) is 0 Å². The van der Waals surface area contributed by atoms with E-state index in [0.717, 1.165) is 4.90 Å². The Balaban J connectivity index is 3.57. The fourth-order valence-electron chi connectivity index (χ4n) is 2.35. The Hall–Kier alpha value is -1.13. The first kappa shape index (κ1) is 27.9. The lowest BCUT2D eigenvalue weighted by Gasteiger charge is -2.24. The van der Waals surface area contributed by atoms with E-state index in [2.05, 4.69) is 58.4 Å². The smallest absolute Gasteiger partial charge is 0.256 e. The van der Waals surface area contributed by atoms with E-state index in [0.29, 0.717) is 0 Å². The van der Waals surface area contributed by atoms with Gasteiger partial charge in [-0.15, -0.1) is 0 Å². The third-order valence-electron chi connectivity index (χ3n) is 3.92. The molecule has 0 aliphatic carbocycles. The average Bonchev–Trinajstić information content (AvgIpc) is 2.74. The minimum absolute atomic E-state index is 0.0189. The minimum Gasteiger partial charge on any atom is -0.394 e. The quantitative estimate of drug-likeness (QED) is 0.178. The number of benzene rings is 1. The van der Waals surface area contributed by atoms with Crippen molar-refractivity contribution in [3.05, 3.63) is 24.5 Å². The highest BCUT2D eigenvalue weighted by molar-refractivity contribution is 9.11. The zero-order valence-corrected chi connectivity index (χ0v) is 21.0. The fraction of sp³-hybridized carbons (Fsp3) is 0.471. The Kier molecular flexibility index (Phi) is 11.5. The van der Waals surface area contributed by atoms with Gasteiger partial charge in [-0.3, -0.25) is 14.4 Å². The Labute approximate surface area is 202 Å². The van der Waals surface area contributed by atoms with Crippen LogP contribution in [-0.4, -0.2) is 100 Å². The minimum atomic E-state index is -1.21. The van der Waals surface area contributed by atoms with Crippen LogP contribution < -0.4 is 10.6 Å². The number of carbonyl (C=O) groups is 3. The number of carbonyl (C=O) groups excluding carboxylic acids is 3. The van der Waals surface area contributed by atoms with E-state index < -0.39 is 49.8 Å². The zero-order valence-electron chi connectivity index (χ0n) is 16.2. The van der Waals surface area contributed by atoms with Crippen LogP contribution in [0.1, 0.15) is 20.7 Å². The maximum atomic E-state index is 13.0. The van der Waals surface area contributed by atoms with Crippen LogP contribution >= 0.6 is 47.8 Å². The second kappa shape index (κ2) is 12.8. The van der Waals surface area contributed by atoms with Crippen molar-refractivity contribution in [1.29, 1.82) is 0 Å². The second-order valence-corrected chi connectivity index (χ2v) is 8.72. The predicted molar refractivity (Wildman–Crippen MR) is 121 cm³/mol. The molecule has 174 valence electrons. The van der Waals surface area contributed by atoms with Crippen molar-refractivity contribution in [1.82, 2.24) is 10.2 Å². The van der Waals surface area contributed by atoms with Gasteiger partial charge in [0.25, 0.3) is 11.8 Å². The number of halogens is 3. The summed E-state index contributed by atoms with van der Waals surface area (Å²) < 4.78 is 0.175. The van der Waals surface area contributed by atoms with Gasteiger partial charge in [-0.2, -0.15) is 0 Å². The van der Waals surface area contributed by atoms with Crippen molar-refractivity contribution in [2.45, 2.75) is 12.2 Å². The molecule has 0 radical (unpaired) electrons. The molecular formula is C17H22Br3N3O8. The lowest BCUT2D eigenvalue weighted by molar-refractivity contribution is -0.118. The summed E-state index contributed by atoms with van der Waals surface area (Å²) in [4.78, 5) is 38.7. The second-order valence-electron chi connectivity index (χ2n) is 6.34. The van der Waals surface area contributed by atoms with Gasteiger partial charge < -0.3 is 41.1 Å². The molecule has 1 aromatic rings. The number of rotatable bonds is 10. The Morgan fingerprint density at radius 2 is 1.48 bits per heavy atom. The van der Waals surface area contributed by atoms with Crippen molar-refractivity contribution in [2.24, 2.45) is 0 Å². The number of nitrogens with zero attached hydrogens (tertiary/aromatic N) is 1. The van der Waals surface area contributed by atoms with Gasteiger partial charge in [-0.05, 0) is 47.8 Å². The molecule has 2 unspecified atom stereocenters. The number of hydrogen-bond donors (Lipinski definition) is 7. The summed E-state index contributed by atoms with van der Waals surface area (Å²) >= 11 is 9.66. The third-order valence-corrected chi connectivity index (χ3v) is 6.30. The monoisotopic (exact) mass is 633 g/mol. The van der Waals surface area contributed by atoms with Gasteiger partial charge in [0.2, 0.25) is 5.91 Å². The Morgan fingerprint density at radius 3 is 2.00 bits per heavy atom. The molecule has 1 aromatic carbocycles. The summed E-state index contributed by atoms with van der Waals surface area (Å²) in [6.45, 7) is -2.51. The Bertz CT molecular complexity index is 840. The molecule has 0 spiro atoms. The number of amides is 3. The SMILES string of the molecule is CN(CC(O)CO)C(=O)c1c(Br)c(NC(=O)CO)c(Br)c(C(=O)NCC(O)CO)c1Br. The van der Waals surface area contributed by atoms with E-state index in [1.54, 1.807) is 0 Å². The molecule has 0 saturated carbocycles. The van der Waals surface area contributed by atoms with Crippen LogP contribution in [0.3, 0.4) is 0 Å². The molecule has 0 aromatic heterocycles. The summed E-state index contributed by atoms with van der Waals surface area (Å²) in [5.41, 5.74) is -0.215. The fourth-order valence-corrected chi connectivity index (χ4v) is 5.24. The number of nitrogens with one attached hydrogen (secondary N) is 2. The third kappa shape index (κ3) is 7.18. The molecule has 0 saturated heterocycles. The summed E-state index contributed by atoms with van der Waals surface area (Å²) in [7, 11) is 1.37. The summed E-state index contributed by atoms with van der Waals surface area (Å²) in [5.74, 6) is -2.22. The van der Waals surface area contributed by atoms with Crippen LogP contribution in [0.2, 0.25) is 0 Å². The molecule has 0 fully saturated rings. The van der Waals surface area contributed by atoms with Crippen LogP contribution in [0.5, 0.6) is 0 Å². The first-order valence-corrected chi connectivity index (χ1v) is 11.1. The van der Waals surface area contributed by atoms with E-state index in [4.69, 9.17) is 15.3 Å². The standard InChI is InChI=1S/C17H22Br3N3O8/c1-23(3-8(28)5-25)17(31)11-12(18)10(16(30)21-2-7(27)4-24)13(19)15(14(11)20)22-9(29)6-26/h7-8,24-28H,2-6H2,1H3,(H,21,30)(H,22,29). The van der Waals surface area contributed by atoms with E-state index in [1.165, 1.54) is 7.05 Å². The highest BCUT2D eigenvalue weighted by Crippen LogP contribution is 2.42. The molecule has 0 aliphatic heterocycles. The van der Waals surface area contributed by atoms with Gasteiger partial charge in [0, 0.05) is 24.6 Å². The number of likely N-dealkylation sites (N-methyl/N-ethyl adjacent to an activating group) is 1. The molecule has 3 amide bonds. The van der Waals surface area contributed by atoms with Crippen LogP contribution in [0.25, 0.3) is 0 Å². The molecule has 0 heterocycles. The van der Waals surface area contributed by atoms with Gasteiger partial charge in [-0.25, -0.2) is 0 Å². The normalized spacial score (nSPS) is 12.8. The van der Waals surface area contributed by atoms with Gasteiger partial charge >= 0.3 is 0 Å². The molecule has 1 rings (SSSR count). The van der Waals surface area contributed by atoms with Crippen LogP contribution in [0.4, 0.5) is 5.69 Å². The maximum Gasteiger partial charge on any atom is 0.256 e.